The smallest absolute Gasteiger partial charge is 0.191 e. The van der Waals surface area contributed by atoms with Gasteiger partial charge in [-0.3, -0.25) is 0 Å². The average molecular weight is 419 g/mol. The molecule has 0 amide bonds. The van der Waals surface area contributed by atoms with E-state index in [2.05, 4.69) is 27.1 Å². The van der Waals surface area contributed by atoms with Gasteiger partial charge in [0.05, 0.1) is 26.3 Å². The highest BCUT2D eigenvalue weighted by Crippen LogP contribution is 2.33. The van der Waals surface area contributed by atoms with Crippen molar-refractivity contribution in [2.75, 3.05) is 31.8 Å². The Bertz CT molecular complexity index is 823. The molecule has 0 unspecified atom stereocenters. The molecule has 8 nitrogen and oxygen atoms in total. The minimum absolute atomic E-state index is 0.502. The first-order valence-electron chi connectivity index (χ1n) is 9.92. The average Bonchev–Trinajstić information content (AvgIpc) is 2.92. The zero-order chi connectivity index (χ0) is 20.5. The lowest BCUT2D eigenvalue weighted by atomic mass is 10.2. The van der Waals surface area contributed by atoms with Crippen LogP contribution in [-0.4, -0.2) is 52.5 Å². The second kappa shape index (κ2) is 10.9. The summed E-state index contributed by atoms with van der Waals surface area (Å²) in [5.41, 5.74) is 1.02. The molecule has 0 saturated carbocycles. The number of aromatic nitrogens is 3. The topological polar surface area (TPSA) is 85.6 Å². The van der Waals surface area contributed by atoms with Crippen molar-refractivity contribution < 1.29 is 9.47 Å². The first-order chi connectivity index (χ1) is 14.2. The van der Waals surface area contributed by atoms with Crippen LogP contribution >= 0.6 is 11.8 Å². The van der Waals surface area contributed by atoms with Gasteiger partial charge < -0.3 is 24.7 Å². The predicted octanol–water partition coefficient (Wildman–Crippen LogP) is 2.27. The number of rotatable bonds is 8. The van der Waals surface area contributed by atoms with Crippen LogP contribution in [0, 0.1) is 6.92 Å². The third-order valence-corrected chi connectivity index (χ3v) is 5.37. The van der Waals surface area contributed by atoms with Crippen LogP contribution in [0.2, 0.25) is 0 Å². The van der Waals surface area contributed by atoms with Gasteiger partial charge >= 0.3 is 0 Å². The predicted molar refractivity (Wildman–Crippen MR) is 117 cm³/mol. The molecule has 1 aromatic carbocycles. The summed E-state index contributed by atoms with van der Waals surface area (Å²) in [5.74, 6) is 5.22. The van der Waals surface area contributed by atoms with E-state index in [-0.39, 0.29) is 0 Å². The van der Waals surface area contributed by atoms with Crippen molar-refractivity contribution in [2.24, 2.45) is 12.0 Å². The summed E-state index contributed by atoms with van der Waals surface area (Å²) in [6.07, 6.45) is 4.08. The lowest BCUT2D eigenvalue weighted by Gasteiger charge is -2.14. The van der Waals surface area contributed by atoms with Crippen LogP contribution in [-0.2, 0) is 20.1 Å². The monoisotopic (exact) mass is 418 g/mol. The first kappa shape index (κ1) is 21.3. The molecule has 1 aromatic heterocycles. The Morgan fingerprint density at radius 2 is 2.10 bits per heavy atom. The maximum atomic E-state index is 5.91. The van der Waals surface area contributed by atoms with Crippen LogP contribution in [0.25, 0.3) is 0 Å². The van der Waals surface area contributed by atoms with Crippen LogP contribution < -0.4 is 20.1 Å². The van der Waals surface area contributed by atoms with E-state index in [1.165, 1.54) is 0 Å². The third-order valence-electron chi connectivity index (χ3n) is 4.67. The quantitative estimate of drug-likeness (QED) is 0.386. The second-order valence-electron chi connectivity index (χ2n) is 6.81. The third kappa shape index (κ3) is 6.03. The van der Waals surface area contributed by atoms with Crippen LogP contribution in [0.15, 0.2) is 23.2 Å². The molecule has 2 heterocycles. The van der Waals surface area contributed by atoms with E-state index in [9.17, 15) is 0 Å². The van der Waals surface area contributed by atoms with Crippen LogP contribution in [0.4, 0.5) is 0 Å². The lowest BCUT2D eigenvalue weighted by molar-refractivity contribution is 0.296. The maximum Gasteiger partial charge on any atom is 0.191 e. The highest BCUT2D eigenvalue weighted by molar-refractivity contribution is 7.98. The fraction of sp³-hybridized carbons (Fsp3) is 0.550. The van der Waals surface area contributed by atoms with E-state index >= 15 is 0 Å². The van der Waals surface area contributed by atoms with Crippen molar-refractivity contribution >= 4 is 17.7 Å². The van der Waals surface area contributed by atoms with Crippen LogP contribution in [0.3, 0.4) is 0 Å². The molecule has 158 valence electrons. The van der Waals surface area contributed by atoms with Gasteiger partial charge in [0.1, 0.15) is 5.82 Å². The number of fused-ring (bicyclic) bond motifs is 1. The molecule has 3 rings (SSSR count). The van der Waals surface area contributed by atoms with Crippen molar-refractivity contribution in [3.05, 3.63) is 35.4 Å². The Morgan fingerprint density at radius 1 is 1.24 bits per heavy atom. The van der Waals surface area contributed by atoms with Crippen LogP contribution in [0.1, 0.15) is 30.1 Å². The Hall–Kier alpha value is -2.42. The molecule has 0 saturated heterocycles. The number of aryl methyl sites for hydroxylation is 1. The van der Waals surface area contributed by atoms with E-state index < -0.39 is 0 Å². The minimum Gasteiger partial charge on any atom is -0.490 e. The van der Waals surface area contributed by atoms with E-state index in [0.717, 1.165) is 59.8 Å². The van der Waals surface area contributed by atoms with E-state index in [4.69, 9.17) is 14.5 Å². The largest absolute Gasteiger partial charge is 0.490 e. The van der Waals surface area contributed by atoms with Gasteiger partial charge in [-0.25, -0.2) is 4.99 Å². The molecule has 2 aromatic rings. The summed E-state index contributed by atoms with van der Waals surface area (Å²) in [6.45, 7) is 5.20. The fourth-order valence-electron chi connectivity index (χ4n) is 2.91. The maximum absolute atomic E-state index is 5.91. The van der Waals surface area contributed by atoms with Gasteiger partial charge in [-0.15, -0.1) is 10.2 Å². The molecule has 1 aliphatic heterocycles. The van der Waals surface area contributed by atoms with Gasteiger partial charge in [-0.05, 0) is 31.4 Å². The second-order valence-corrected chi connectivity index (χ2v) is 7.79. The lowest BCUT2D eigenvalue weighted by Crippen LogP contribution is -2.38. The molecule has 1 aliphatic rings. The summed E-state index contributed by atoms with van der Waals surface area (Å²) in [4.78, 5) is 4.78. The standard InChI is InChI=1S/C20H30N6O2S/c1-15-24-25-18(26(15)2)14-23-20(21-9-5-12-29-3)22-13-16-7-4-8-17-19(16)28-11-6-10-27-17/h4,7-8H,5-6,9-14H2,1-3H3,(H2,21,22,23). The Kier molecular flexibility index (Phi) is 8.03. The van der Waals surface area contributed by atoms with Gasteiger partial charge in [-0.2, -0.15) is 11.8 Å². The molecule has 2 N–H and O–H groups in total. The number of para-hydroxylation sites is 1. The van der Waals surface area contributed by atoms with E-state index in [1.54, 1.807) is 0 Å². The molecular formula is C20H30N6O2S. The van der Waals surface area contributed by atoms with E-state index in [0.29, 0.717) is 26.3 Å². The molecular weight excluding hydrogens is 388 g/mol. The summed E-state index contributed by atoms with van der Waals surface area (Å²) >= 11 is 1.84. The molecule has 0 radical (unpaired) electrons. The molecule has 0 aliphatic carbocycles. The van der Waals surface area contributed by atoms with Crippen molar-refractivity contribution in [1.29, 1.82) is 0 Å². The SMILES string of the molecule is CSCCCNC(=NCc1cccc2c1OCCCO2)NCc1nnc(C)n1C. The zero-order valence-electron chi connectivity index (χ0n) is 17.4. The van der Waals surface area contributed by atoms with Gasteiger partial charge in [0, 0.05) is 25.6 Å². The summed E-state index contributed by atoms with van der Waals surface area (Å²) in [7, 11) is 1.96. The van der Waals surface area contributed by atoms with Gasteiger partial charge in [0.15, 0.2) is 23.3 Å². The number of ether oxygens (including phenoxy) is 2. The van der Waals surface area contributed by atoms with Crippen LogP contribution in [0.5, 0.6) is 11.5 Å². The summed E-state index contributed by atoms with van der Waals surface area (Å²) in [5, 5.41) is 15.1. The summed E-state index contributed by atoms with van der Waals surface area (Å²) < 4.78 is 13.7. The minimum atomic E-state index is 0.502. The number of thioether (sulfide) groups is 1. The van der Waals surface area contributed by atoms with E-state index in [1.807, 2.05) is 48.5 Å². The number of aliphatic imine (C=N–C) groups is 1. The molecule has 29 heavy (non-hydrogen) atoms. The number of nitrogens with zero attached hydrogens (tertiary/aromatic N) is 4. The Morgan fingerprint density at radius 3 is 2.90 bits per heavy atom. The normalized spacial score (nSPS) is 13.8. The van der Waals surface area contributed by atoms with Gasteiger partial charge in [-0.1, -0.05) is 12.1 Å². The van der Waals surface area contributed by atoms with Crippen molar-refractivity contribution in [3.8, 4) is 11.5 Å². The number of hydrogen-bond acceptors (Lipinski definition) is 6. The number of hydrogen-bond donors (Lipinski definition) is 2. The molecule has 0 spiro atoms. The zero-order valence-corrected chi connectivity index (χ0v) is 18.2. The fourth-order valence-corrected chi connectivity index (χ4v) is 3.34. The number of benzene rings is 1. The Balaban J connectivity index is 1.69. The summed E-state index contributed by atoms with van der Waals surface area (Å²) in [6, 6.07) is 5.97. The molecule has 9 heteroatoms. The highest BCUT2D eigenvalue weighted by Gasteiger charge is 2.14. The molecule has 0 bridgehead atoms. The van der Waals surface area contributed by atoms with Crippen molar-refractivity contribution in [2.45, 2.75) is 32.9 Å². The van der Waals surface area contributed by atoms with Gasteiger partial charge in [0.25, 0.3) is 0 Å². The number of guanidine groups is 1. The van der Waals surface area contributed by atoms with Gasteiger partial charge in [0.2, 0.25) is 0 Å². The van der Waals surface area contributed by atoms with Crippen molar-refractivity contribution in [1.82, 2.24) is 25.4 Å². The number of nitrogens with one attached hydrogen (secondary N) is 2. The highest BCUT2D eigenvalue weighted by atomic mass is 32.2. The first-order valence-corrected chi connectivity index (χ1v) is 11.3. The molecule has 0 atom stereocenters. The van der Waals surface area contributed by atoms with Crippen molar-refractivity contribution in [3.63, 3.8) is 0 Å². The Labute approximate surface area is 176 Å². The molecule has 0 fully saturated rings.